The number of nitro groups is 1. The Hall–Kier alpha value is -2.58. The van der Waals surface area contributed by atoms with Crippen molar-refractivity contribution in [1.82, 2.24) is 0 Å². The quantitative estimate of drug-likeness (QED) is 0.388. The van der Waals surface area contributed by atoms with Crippen molar-refractivity contribution in [3.8, 4) is 0 Å². The monoisotopic (exact) mass is 274 g/mol. The highest BCUT2D eigenvalue weighted by Gasteiger charge is 2.22. The van der Waals surface area contributed by atoms with E-state index < -0.39 is 39.8 Å². The van der Waals surface area contributed by atoms with Gasteiger partial charge in [0, 0.05) is 12.1 Å². The molecule has 0 saturated heterocycles. The first kappa shape index (κ1) is 14.5. The fraction of sp³-hybridized carbons (Fsp3) is 0.200. The van der Waals surface area contributed by atoms with Gasteiger partial charge in [0.1, 0.15) is 5.82 Å². The number of nitrogens with one attached hydrogen (secondary N) is 1. The number of carbonyl (C=O) groups excluding carboxylic acids is 2. The predicted octanol–water partition coefficient (Wildman–Crippen LogP) is 1.37. The molecule has 0 atom stereocenters. The topological polar surface area (TPSA) is 98.5 Å². The van der Waals surface area contributed by atoms with Crippen LogP contribution in [0.2, 0.25) is 0 Å². The number of benzene rings is 1. The summed E-state index contributed by atoms with van der Waals surface area (Å²) in [5.74, 6) is -5.24. The standard InChI is InChI=1S/C10H8F2N2O5/c1-2-19-10(16)9(15)13-7-4-8(14(17)18)6(12)3-5(7)11/h3-4H,2H2,1H3,(H,13,15). The van der Waals surface area contributed by atoms with Crippen LogP contribution in [0, 0.1) is 21.7 Å². The second-order valence-corrected chi connectivity index (χ2v) is 3.22. The molecule has 9 heteroatoms. The molecule has 1 N–H and O–H groups in total. The molecule has 1 rings (SSSR count). The Labute approximate surface area is 105 Å². The number of amides is 1. The maximum Gasteiger partial charge on any atom is 0.397 e. The van der Waals surface area contributed by atoms with E-state index in [1.54, 1.807) is 5.32 Å². The summed E-state index contributed by atoms with van der Waals surface area (Å²) in [5.41, 5.74) is -1.72. The molecule has 1 amide bonds. The summed E-state index contributed by atoms with van der Waals surface area (Å²) in [6.07, 6.45) is 0. The number of carbonyl (C=O) groups is 2. The molecule has 0 unspecified atom stereocenters. The molecule has 0 spiro atoms. The molecule has 0 fully saturated rings. The molecule has 0 aliphatic rings. The number of rotatable bonds is 3. The van der Waals surface area contributed by atoms with Crippen LogP contribution in [0.1, 0.15) is 6.92 Å². The molecule has 0 aliphatic carbocycles. The molecule has 0 bridgehead atoms. The van der Waals surface area contributed by atoms with Crippen LogP contribution >= 0.6 is 0 Å². The summed E-state index contributed by atoms with van der Waals surface area (Å²) >= 11 is 0. The highest BCUT2D eigenvalue weighted by molar-refractivity contribution is 6.37. The Balaban J connectivity index is 3.01. The molecular weight excluding hydrogens is 266 g/mol. The normalized spacial score (nSPS) is 9.84. The van der Waals surface area contributed by atoms with Crippen molar-refractivity contribution in [3.05, 3.63) is 33.9 Å². The van der Waals surface area contributed by atoms with Crippen LogP contribution in [0.15, 0.2) is 12.1 Å². The van der Waals surface area contributed by atoms with E-state index in [0.29, 0.717) is 6.07 Å². The summed E-state index contributed by atoms with van der Waals surface area (Å²) in [6, 6.07) is 0.709. The largest absolute Gasteiger partial charge is 0.459 e. The molecule has 7 nitrogen and oxygen atoms in total. The van der Waals surface area contributed by atoms with Gasteiger partial charge in [-0.1, -0.05) is 0 Å². The van der Waals surface area contributed by atoms with Gasteiger partial charge in [-0.15, -0.1) is 0 Å². The number of nitro benzene ring substituents is 1. The predicted molar refractivity (Wildman–Crippen MR) is 58.3 cm³/mol. The van der Waals surface area contributed by atoms with Crippen molar-refractivity contribution >= 4 is 23.3 Å². The van der Waals surface area contributed by atoms with Crippen molar-refractivity contribution in [1.29, 1.82) is 0 Å². The van der Waals surface area contributed by atoms with Crippen molar-refractivity contribution in [2.45, 2.75) is 6.92 Å². The smallest absolute Gasteiger partial charge is 0.397 e. The molecule has 19 heavy (non-hydrogen) atoms. The van der Waals surface area contributed by atoms with Crippen LogP contribution in [0.3, 0.4) is 0 Å². The molecule has 0 radical (unpaired) electrons. The number of anilines is 1. The minimum absolute atomic E-state index is 0.0711. The minimum atomic E-state index is -1.39. The third kappa shape index (κ3) is 3.44. The molecule has 1 aromatic carbocycles. The van der Waals surface area contributed by atoms with Crippen molar-refractivity contribution in [3.63, 3.8) is 0 Å². The van der Waals surface area contributed by atoms with Gasteiger partial charge in [-0.25, -0.2) is 9.18 Å². The summed E-state index contributed by atoms with van der Waals surface area (Å²) in [7, 11) is 0. The van der Waals surface area contributed by atoms with Crippen LogP contribution < -0.4 is 5.32 Å². The van der Waals surface area contributed by atoms with Crippen LogP contribution in [0.5, 0.6) is 0 Å². The number of esters is 1. The van der Waals surface area contributed by atoms with E-state index in [1.807, 2.05) is 0 Å². The molecule has 0 saturated carbocycles. The Morgan fingerprint density at radius 1 is 1.37 bits per heavy atom. The molecule has 0 aromatic heterocycles. The van der Waals surface area contributed by atoms with Crippen LogP contribution in [-0.2, 0) is 14.3 Å². The third-order valence-electron chi connectivity index (χ3n) is 1.94. The van der Waals surface area contributed by atoms with E-state index in [9.17, 15) is 28.5 Å². The van der Waals surface area contributed by atoms with E-state index in [1.165, 1.54) is 6.92 Å². The number of hydrogen-bond donors (Lipinski definition) is 1. The molecule has 0 aliphatic heterocycles. The minimum Gasteiger partial charge on any atom is -0.459 e. The zero-order valence-electron chi connectivity index (χ0n) is 9.61. The number of ether oxygens (including phenoxy) is 1. The second-order valence-electron chi connectivity index (χ2n) is 3.22. The zero-order valence-corrected chi connectivity index (χ0v) is 9.61. The van der Waals surface area contributed by atoms with Gasteiger partial charge in [0.2, 0.25) is 5.82 Å². The average Bonchev–Trinajstić information content (AvgIpc) is 2.32. The maximum atomic E-state index is 13.3. The highest BCUT2D eigenvalue weighted by atomic mass is 19.1. The first-order chi connectivity index (χ1) is 8.86. The van der Waals surface area contributed by atoms with Gasteiger partial charge < -0.3 is 10.1 Å². The molecule has 1 aromatic rings. The summed E-state index contributed by atoms with van der Waals surface area (Å²) in [5, 5.41) is 12.2. The second kappa shape index (κ2) is 5.85. The van der Waals surface area contributed by atoms with E-state index in [4.69, 9.17) is 0 Å². The lowest BCUT2D eigenvalue weighted by atomic mass is 10.2. The first-order valence-electron chi connectivity index (χ1n) is 4.98. The SMILES string of the molecule is CCOC(=O)C(=O)Nc1cc([N+](=O)[O-])c(F)cc1F. The number of halogens is 2. The number of nitrogens with zero attached hydrogens (tertiary/aromatic N) is 1. The summed E-state index contributed by atoms with van der Waals surface area (Å²) < 4.78 is 30.6. The third-order valence-corrected chi connectivity index (χ3v) is 1.94. The van der Waals surface area contributed by atoms with Gasteiger partial charge in [-0.05, 0) is 6.92 Å². The van der Waals surface area contributed by atoms with Gasteiger partial charge in [0.05, 0.1) is 17.2 Å². The Kier molecular flexibility index (Phi) is 4.46. The summed E-state index contributed by atoms with van der Waals surface area (Å²) in [4.78, 5) is 31.5. The van der Waals surface area contributed by atoms with Gasteiger partial charge in [-0.2, -0.15) is 4.39 Å². The molecule has 0 heterocycles. The van der Waals surface area contributed by atoms with Crippen molar-refractivity contribution < 1.29 is 28.0 Å². The summed E-state index contributed by atoms with van der Waals surface area (Å²) in [6.45, 7) is 1.38. The van der Waals surface area contributed by atoms with Crippen LogP contribution in [-0.4, -0.2) is 23.4 Å². The fourth-order valence-electron chi connectivity index (χ4n) is 1.14. The number of hydrogen-bond acceptors (Lipinski definition) is 5. The Morgan fingerprint density at radius 2 is 2.00 bits per heavy atom. The van der Waals surface area contributed by atoms with Gasteiger partial charge in [0.25, 0.3) is 0 Å². The Bertz CT molecular complexity index is 547. The van der Waals surface area contributed by atoms with Crippen LogP contribution in [0.4, 0.5) is 20.2 Å². The molecule has 102 valence electrons. The van der Waals surface area contributed by atoms with Crippen molar-refractivity contribution in [2.75, 3.05) is 11.9 Å². The average molecular weight is 274 g/mol. The lowest BCUT2D eigenvalue weighted by molar-refractivity contribution is -0.387. The lowest BCUT2D eigenvalue weighted by Gasteiger charge is -2.06. The zero-order chi connectivity index (χ0) is 14.6. The Morgan fingerprint density at radius 3 is 2.53 bits per heavy atom. The first-order valence-corrected chi connectivity index (χ1v) is 4.98. The maximum absolute atomic E-state index is 13.3. The van der Waals surface area contributed by atoms with E-state index >= 15 is 0 Å². The van der Waals surface area contributed by atoms with E-state index in [-0.39, 0.29) is 12.7 Å². The van der Waals surface area contributed by atoms with Crippen molar-refractivity contribution in [2.24, 2.45) is 0 Å². The van der Waals surface area contributed by atoms with Crippen LogP contribution in [0.25, 0.3) is 0 Å². The van der Waals surface area contributed by atoms with Gasteiger partial charge >= 0.3 is 17.6 Å². The fourth-order valence-corrected chi connectivity index (χ4v) is 1.14. The van der Waals surface area contributed by atoms with Gasteiger partial charge in [0.15, 0.2) is 0 Å². The lowest BCUT2D eigenvalue weighted by Crippen LogP contribution is -2.25. The van der Waals surface area contributed by atoms with Gasteiger partial charge in [-0.3, -0.25) is 14.9 Å². The van der Waals surface area contributed by atoms with E-state index in [0.717, 1.165) is 0 Å². The highest BCUT2D eigenvalue weighted by Crippen LogP contribution is 2.25. The van der Waals surface area contributed by atoms with E-state index in [2.05, 4.69) is 4.74 Å². The molecular formula is C10H8F2N2O5.